The molecule has 0 aromatic rings. The molecule has 1 rings (SSSR count). The van der Waals surface area contributed by atoms with Crippen LogP contribution in [0.5, 0.6) is 0 Å². The quantitative estimate of drug-likeness (QED) is 0.505. The highest BCUT2D eigenvalue weighted by molar-refractivity contribution is 5.15. The van der Waals surface area contributed by atoms with Gasteiger partial charge in [0.2, 0.25) is 0 Å². The number of hydrogen-bond donors (Lipinski definition) is 0. The Balaban J connectivity index is 2.55. The van der Waals surface area contributed by atoms with Gasteiger partial charge in [-0.1, -0.05) is 60.8 Å². The molecule has 0 heteroatoms. The largest absolute Gasteiger partial charge is 0.0808 e. The van der Waals surface area contributed by atoms with E-state index in [0.717, 1.165) is 12.8 Å². The van der Waals surface area contributed by atoms with E-state index in [1.807, 2.05) is 0 Å². The molecule has 0 radical (unpaired) electrons. The average molecular weight is 158 g/mol. The Morgan fingerprint density at radius 3 is 1.17 bits per heavy atom. The van der Waals surface area contributed by atoms with E-state index in [1.165, 1.54) is 0 Å². The van der Waals surface area contributed by atoms with Crippen molar-refractivity contribution in [1.82, 2.24) is 0 Å². The topological polar surface area (TPSA) is 0 Å². The average Bonchev–Trinajstić information content (AvgIpc) is 2.05. The predicted molar refractivity (Wildman–Crippen MR) is 54.9 cm³/mol. The molecule has 0 heterocycles. The van der Waals surface area contributed by atoms with Gasteiger partial charge in [-0.05, 0) is 12.8 Å². The SMILES string of the molecule is C1=CC/C=C\C=C\C/C=C\C=C\1. The third kappa shape index (κ3) is 4.51. The van der Waals surface area contributed by atoms with Crippen molar-refractivity contribution in [3.8, 4) is 0 Å². The molecule has 0 amide bonds. The Bertz CT molecular complexity index is 211. The molecule has 0 N–H and O–H groups in total. The van der Waals surface area contributed by atoms with Gasteiger partial charge in [0.1, 0.15) is 0 Å². The van der Waals surface area contributed by atoms with Gasteiger partial charge in [0.15, 0.2) is 0 Å². The second-order valence-electron chi connectivity index (χ2n) is 2.57. The van der Waals surface area contributed by atoms with Crippen LogP contribution in [0.25, 0.3) is 0 Å². The van der Waals surface area contributed by atoms with E-state index >= 15 is 0 Å². The molecule has 0 aliphatic heterocycles. The molecule has 0 saturated heterocycles. The lowest BCUT2D eigenvalue weighted by Gasteiger charge is -1.82. The van der Waals surface area contributed by atoms with Crippen LogP contribution in [0.3, 0.4) is 0 Å². The molecule has 1 aliphatic carbocycles. The van der Waals surface area contributed by atoms with E-state index in [4.69, 9.17) is 0 Å². The van der Waals surface area contributed by atoms with Crippen LogP contribution in [-0.4, -0.2) is 0 Å². The molecule has 0 saturated carbocycles. The second kappa shape index (κ2) is 6.41. The number of rotatable bonds is 0. The van der Waals surface area contributed by atoms with Crippen molar-refractivity contribution in [2.75, 3.05) is 0 Å². The van der Waals surface area contributed by atoms with Gasteiger partial charge in [0.05, 0.1) is 0 Å². The first kappa shape index (κ1) is 8.79. The van der Waals surface area contributed by atoms with Crippen molar-refractivity contribution in [2.45, 2.75) is 12.8 Å². The highest BCUT2D eigenvalue weighted by atomic mass is 13.8. The molecule has 62 valence electrons. The molecule has 0 nitrogen and oxygen atoms in total. The van der Waals surface area contributed by atoms with Crippen molar-refractivity contribution in [3.05, 3.63) is 60.8 Å². The Morgan fingerprint density at radius 2 is 0.750 bits per heavy atom. The summed E-state index contributed by atoms with van der Waals surface area (Å²) in [7, 11) is 0. The van der Waals surface area contributed by atoms with Gasteiger partial charge in [-0.3, -0.25) is 0 Å². The van der Waals surface area contributed by atoms with E-state index in [1.54, 1.807) is 0 Å². The first-order valence-corrected chi connectivity index (χ1v) is 4.30. The van der Waals surface area contributed by atoms with Gasteiger partial charge in [-0.25, -0.2) is 0 Å². The molecule has 0 atom stereocenters. The minimum atomic E-state index is 1.01. The minimum Gasteiger partial charge on any atom is -0.0808 e. The first-order chi connectivity index (χ1) is 6.00. The summed E-state index contributed by atoms with van der Waals surface area (Å²) in [4.78, 5) is 0. The fourth-order valence-corrected chi connectivity index (χ4v) is 0.914. The summed E-state index contributed by atoms with van der Waals surface area (Å²) in [6.07, 6.45) is 23.0. The van der Waals surface area contributed by atoms with Crippen molar-refractivity contribution in [3.63, 3.8) is 0 Å². The van der Waals surface area contributed by atoms with E-state index in [0.29, 0.717) is 0 Å². The van der Waals surface area contributed by atoms with Crippen molar-refractivity contribution in [2.24, 2.45) is 0 Å². The maximum atomic E-state index is 2.14. The third-order valence-corrected chi connectivity index (χ3v) is 1.53. The van der Waals surface area contributed by atoms with Crippen LogP contribution in [0.2, 0.25) is 0 Å². The summed E-state index contributed by atoms with van der Waals surface area (Å²) in [5, 5.41) is 0. The highest BCUT2D eigenvalue weighted by Gasteiger charge is 1.71. The molecule has 1 aliphatic rings. The number of hydrogen-bond acceptors (Lipinski definition) is 0. The van der Waals surface area contributed by atoms with Crippen molar-refractivity contribution >= 4 is 0 Å². The Kier molecular flexibility index (Phi) is 4.70. The summed E-state index contributed by atoms with van der Waals surface area (Å²) in [6, 6.07) is 0. The van der Waals surface area contributed by atoms with Crippen LogP contribution in [0, 0.1) is 0 Å². The van der Waals surface area contributed by atoms with Gasteiger partial charge in [-0.15, -0.1) is 0 Å². The van der Waals surface area contributed by atoms with Gasteiger partial charge in [0.25, 0.3) is 0 Å². The van der Waals surface area contributed by atoms with Crippen LogP contribution in [0.15, 0.2) is 60.8 Å². The Hall–Kier alpha value is -1.30. The molecular weight excluding hydrogens is 144 g/mol. The fraction of sp³-hybridized carbons (Fsp3) is 0.167. The smallest absolute Gasteiger partial charge is 0.0163 e. The van der Waals surface area contributed by atoms with Crippen molar-refractivity contribution in [1.29, 1.82) is 0 Å². The van der Waals surface area contributed by atoms with E-state index in [2.05, 4.69) is 60.8 Å². The highest BCUT2D eigenvalue weighted by Crippen LogP contribution is 1.93. The molecule has 0 aromatic carbocycles. The van der Waals surface area contributed by atoms with Gasteiger partial charge < -0.3 is 0 Å². The zero-order chi connectivity index (χ0) is 8.49. The maximum Gasteiger partial charge on any atom is -0.0163 e. The zero-order valence-corrected chi connectivity index (χ0v) is 7.19. The minimum absolute atomic E-state index is 1.01. The van der Waals surface area contributed by atoms with Crippen LogP contribution in [0.4, 0.5) is 0 Å². The Morgan fingerprint density at radius 1 is 0.417 bits per heavy atom. The van der Waals surface area contributed by atoms with E-state index in [9.17, 15) is 0 Å². The van der Waals surface area contributed by atoms with Crippen molar-refractivity contribution < 1.29 is 0 Å². The molecule has 0 unspecified atom stereocenters. The fourth-order valence-electron chi connectivity index (χ4n) is 0.914. The first-order valence-electron chi connectivity index (χ1n) is 4.30. The monoisotopic (exact) mass is 158 g/mol. The summed E-state index contributed by atoms with van der Waals surface area (Å²) in [5.74, 6) is 0. The van der Waals surface area contributed by atoms with Crippen LogP contribution in [-0.2, 0) is 0 Å². The molecule has 0 fully saturated rings. The summed E-state index contributed by atoms with van der Waals surface area (Å²) < 4.78 is 0. The summed E-state index contributed by atoms with van der Waals surface area (Å²) in [6.45, 7) is 0. The van der Waals surface area contributed by atoms with Crippen LogP contribution >= 0.6 is 0 Å². The maximum absolute atomic E-state index is 2.14. The van der Waals surface area contributed by atoms with E-state index in [-0.39, 0.29) is 0 Å². The van der Waals surface area contributed by atoms with E-state index < -0.39 is 0 Å². The van der Waals surface area contributed by atoms with Crippen LogP contribution in [0.1, 0.15) is 12.8 Å². The molecule has 12 heavy (non-hydrogen) atoms. The zero-order valence-electron chi connectivity index (χ0n) is 7.19. The lowest BCUT2D eigenvalue weighted by atomic mass is 10.2. The van der Waals surface area contributed by atoms with Crippen LogP contribution < -0.4 is 0 Å². The summed E-state index contributed by atoms with van der Waals surface area (Å²) >= 11 is 0. The number of allylic oxidation sites excluding steroid dienone is 10. The second-order valence-corrected chi connectivity index (χ2v) is 2.57. The van der Waals surface area contributed by atoms with Gasteiger partial charge in [-0.2, -0.15) is 0 Å². The summed E-state index contributed by atoms with van der Waals surface area (Å²) in [5.41, 5.74) is 0. The van der Waals surface area contributed by atoms with Gasteiger partial charge in [0, 0.05) is 0 Å². The third-order valence-electron chi connectivity index (χ3n) is 1.53. The predicted octanol–water partition coefficient (Wildman–Crippen LogP) is 3.56. The molecule has 0 bridgehead atoms. The lowest BCUT2D eigenvalue weighted by Crippen LogP contribution is -1.61. The normalized spacial score (nSPS) is 28.0. The Labute approximate surface area is 74.3 Å². The molecule has 0 aromatic heterocycles. The standard InChI is InChI=1S/C12H14/c1-2-4-6-8-10-12-11-9-7-5-3-1/h1-6,9-12H,7-8H2/b2-1+,5-3-,6-4?,11-9+,12-10-. The molecular formula is C12H14. The van der Waals surface area contributed by atoms with Gasteiger partial charge >= 0.3 is 0 Å². The molecule has 0 spiro atoms. The lowest BCUT2D eigenvalue weighted by molar-refractivity contribution is 1.37.